The van der Waals surface area contributed by atoms with Crippen molar-refractivity contribution in [2.75, 3.05) is 19.6 Å². The summed E-state index contributed by atoms with van der Waals surface area (Å²) in [6.45, 7) is 6.80. The van der Waals surface area contributed by atoms with Gasteiger partial charge in [-0.2, -0.15) is 0 Å². The van der Waals surface area contributed by atoms with Crippen LogP contribution in [0.2, 0.25) is 0 Å². The minimum Gasteiger partial charge on any atom is -0.477 e. The van der Waals surface area contributed by atoms with Crippen molar-refractivity contribution in [2.24, 2.45) is 0 Å². The molecule has 0 radical (unpaired) electrons. The van der Waals surface area contributed by atoms with Gasteiger partial charge in [0.1, 0.15) is 11.4 Å². The number of H-pyrrole nitrogens is 1. The predicted molar refractivity (Wildman–Crippen MR) is 63.3 cm³/mol. The smallest absolute Gasteiger partial charge is 0.342 e. The summed E-state index contributed by atoms with van der Waals surface area (Å²) in [6.07, 6.45) is 1.72. The van der Waals surface area contributed by atoms with E-state index in [1.165, 1.54) is 0 Å². The summed E-state index contributed by atoms with van der Waals surface area (Å²) >= 11 is 0. The minimum absolute atomic E-state index is 0.323. The lowest BCUT2D eigenvalue weighted by Gasteiger charge is -2.17. The lowest BCUT2D eigenvalue weighted by atomic mass is 10.3. The third-order valence-corrected chi connectivity index (χ3v) is 2.64. The van der Waals surface area contributed by atoms with Gasteiger partial charge in [0.15, 0.2) is 0 Å². The zero-order valence-corrected chi connectivity index (χ0v) is 10.1. The van der Waals surface area contributed by atoms with Crippen LogP contribution in [0.25, 0.3) is 0 Å². The van der Waals surface area contributed by atoms with Gasteiger partial charge in [0.2, 0.25) is 0 Å². The highest BCUT2D eigenvalue weighted by Gasteiger charge is 2.10. The van der Waals surface area contributed by atoms with Crippen LogP contribution in [0.3, 0.4) is 0 Å². The molecule has 0 aliphatic carbocycles. The van der Waals surface area contributed by atoms with Gasteiger partial charge in [-0.3, -0.25) is 4.79 Å². The highest BCUT2D eigenvalue weighted by atomic mass is 16.4. The van der Waals surface area contributed by atoms with E-state index in [0.29, 0.717) is 12.2 Å². The van der Waals surface area contributed by atoms with Crippen molar-refractivity contribution in [3.05, 3.63) is 27.9 Å². The molecule has 0 atom stereocenters. The number of nitrogens with zero attached hydrogens (tertiary/aromatic N) is 2. The average Bonchev–Trinajstić information content (AvgIpc) is 2.30. The van der Waals surface area contributed by atoms with Crippen molar-refractivity contribution < 1.29 is 9.90 Å². The van der Waals surface area contributed by atoms with E-state index in [4.69, 9.17) is 5.11 Å². The zero-order chi connectivity index (χ0) is 12.8. The number of aromatic carboxylic acids is 1. The second-order valence-corrected chi connectivity index (χ2v) is 3.65. The fourth-order valence-corrected chi connectivity index (χ4v) is 1.51. The molecule has 6 nitrogen and oxygen atoms in total. The topological polar surface area (TPSA) is 86.3 Å². The molecule has 0 fully saturated rings. The van der Waals surface area contributed by atoms with E-state index in [1.807, 2.05) is 0 Å². The maximum atomic E-state index is 11.4. The number of likely N-dealkylation sites (N-methyl/N-ethyl adjacent to an activating group) is 1. The minimum atomic E-state index is -1.26. The molecule has 0 saturated heterocycles. The molecule has 2 N–H and O–H groups in total. The first-order valence-electron chi connectivity index (χ1n) is 5.62. The Bertz CT molecular complexity index is 438. The maximum Gasteiger partial charge on any atom is 0.342 e. The molecule has 0 aliphatic rings. The quantitative estimate of drug-likeness (QED) is 0.748. The number of carboxylic acid groups (broad SMARTS) is 1. The summed E-state index contributed by atoms with van der Waals surface area (Å²) in [5.41, 5.74) is -0.918. The molecule has 0 aromatic carbocycles. The Hall–Kier alpha value is -1.69. The first-order valence-corrected chi connectivity index (χ1v) is 5.62. The normalized spacial score (nSPS) is 10.8. The van der Waals surface area contributed by atoms with Crippen LogP contribution in [0.5, 0.6) is 0 Å². The van der Waals surface area contributed by atoms with Gasteiger partial charge in [-0.1, -0.05) is 13.8 Å². The van der Waals surface area contributed by atoms with E-state index in [9.17, 15) is 9.59 Å². The van der Waals surface area contributed by atoms with Crippen molar-refractivity contribution in [1.82, 2.24) is 14.9 Å². The number of carbonyl (C=O) groups is 1. The molecule has 6 heteroatoms. The van der Waals surface area contributed by atoms with Crippen LogP contribution in [0.1, 0.15) is 30.0 Å². The molecule has 1 heterocycles. The molecule has 17 heavy (non-hydrogen) atoms. The van der Waals surface area contributed by atoms with E-state index < -0.39 is 11.5 Å². The van der Waals surface area contributed by atoms with Crippen LogP contribution in [-0.2, 0) is 6.42 Å². The van der Waals surface area contributed by atoms with Crippen molar-refractivity contribution >= 4 is 5.97 Å². The second kappa shape index (κ2) is 6.15. The standard InChI is InChI=1S/C11H17N3O3/c1-3-14(4-2)6-5-9-12-7-8(11(16)17)10(15)13-9/h7H,3-6H2,1-2H3,(H,16,17)(H,12,13,15). The van der Waals surface area contributed by atoms with Gasteiger partial charge < -0.3 is 15.0 Å². The molecule has 1 aromatic rings. The number of hydrogen-bond acceptors (Lipinski definition) is 4. The Morgan fingerprint density at radius 2 is 2.12 bits per heavy atom. The molecule has 0 unspecified atom stereocenters. The zero-order valence-electron chi connectivity index (χ0n) is 10.1. The van der Waals surface area contributed by atoms with Gasteiger partial charge in [-0.15, -0.1) is 0 Å². The van der Waals surface area contributed by atoms with Gasteiger partial charge in [0, 0.05) is 19.2 Å². The summed E-state index contributed by atoms with van der Waals surface area (Å²) in [6, 6.07) is 0. The number of hydrogen-bond donors (Lipinski definition) is 2. The second-order valence-electron chi connectivity index (χ2n) is 3.65. The highest BCUT2D eigenvalue weighted by molar-refractivity contribution is 5.86. The summed E-state index contributed by atoms with van der Waals surface area (Å²) in [4.78, 5) is 30.6. The van der Waals surface area contributed by atoms with E-state index in [2.05, 4.69) is 28.7 Å². The average molecular weight is 239 g/mol. The van der Waals surface area contributed by atoms with Gasteiger partial charge >= 0.3 is 5.97 Å². The SMILES string of the molecule is CCN(CC)CCc1ncc(C(=O)O)c(=O)[nH]1. The number of aromatic nitrogens is 2. The first kappa shape index (κ1) is 13.4. The van der Waals surface area contributed by atoms with Crippen molar-refractivity contribution in [2.45, 2.75) is 20.3 Å². The van der Waals surface area contributed by atoms with Crippen molar-refractivity contribution in [3.63, 3.8) is 0 Å². The van der Waals surface area contributed by atoms with E-state index in [-0.39, 0.29) is 5.56 Å². The predicted octanol–water partition coefficient (Wildman–Crippen LogP) is 0.352. The van der Waals surface area contributed by atoms with Crippen LogP contribution < -0.4 is 5.56 Å². The van der Waals surface area contributed by atoms with E-state index >= 15 is 0 Å². The lowest BCUT2D eigenvalue weighted by molar-refractivity contribution is 0.0694. The van der Waals surface area contributed by atoms with Crippen molar-refractivity contribution in [3.8, 4) is 0 Å². The highest BCUT2D eigenvalue weighted by Crippen LogP contribution is 1.95. The molecule has 0 saturated carbocycles. The Labute approximate surface area is 99.3 Å². The van der Waals surface area contributed by atoms with Crippen LogP contribution in [-0.4, -0.2) is 45.6 Å². The Kier molecular flexibility index (Phi) is 4.84. The molecule has 1 aromatic heterocycles. The van der Waals surface area contributed by atoms with Gasteiger partial charge in [0.05, 0.1) is 0 Å². The molecular weight excluding hydrogens is 222 g/mol. The Morgan fingerprint density at radius 1 is 1.47 bits per heavy atom. The Balaban J connectivity index is 2.71. The molecule has 1 rings (SSSR count). The summed E-state index contributed by atoms with van der Waals surface area (Å²) in [7, 11) is 0. The van der Waals surface area contributed by atoms with Gasteiger partial charge in [-0.05, 0) is 13.1 Å². The summed E-state index contributed by atoms with van der Waals surface area (Å²) in [5.74, 6) is -0.735. The third kappa shape index (κ3) is 3.67. The van der Waals surface area contributed by atoms with E-state index in [1.54, 1.807) is 0 Å². The van der Waals surface area contributed by atoms with Gasteiger partial charge in [-0.25, -0.2) is 9.78 Å². The van der Waals surface area contributed by atoms with Crippen LogP contribution in [0.15, 0.2) is 11.0 Å². The van der Waals surface area contributed by atoms with Crippen LogP contribution in [0.4, 0.5) is 0 Å². The summed E-state index contributed by atoms with van der Waals surface area (Å²) in [5, 5.41) is 8.68. The van der Waals surface area contributed by atoms with Crippen LogP contribution in [0, 0.1) is 0 Å². The molecule has 0 amide bonds. The number of carboxylic acids is 1. The lowest BCUT2D eigenvalue weighted by Crippen LogP contribution is -2.27. The van der Waals surface area contributed by atoms with E-state index in [0.717, 1.165) is 25.8 Å². The Morgan fingerprint density at radius 3 is 2.59 bits per heavy atom. The molecule has 0 bridgehead atoms. The van der Waals surface area contributed by atoms with Gasteiger partial charge in [0.25, 0.3) is 5.56 Å². The molecule has 0 aliphatic heterocycles. The monoisotopic (exact) mass is 239 g/mol. The molecule has 94 valence electrons. The number of nitrogens with one attached hydrogen (secondary N) is 1. The fraction of sp³-hybridized carbons (Fsp3) is 0.545. The van der Waals surface area contributed by atoms with Crippen molar-refractivity contribution in [1.29, 1.82) is 0 Å². The fourth-order valence-electron chi connectivity index (χ4n) is 1.51. The molecule has 0 spiro atoms. The first-order chi connectivity index (χ1) is 8.08. The van der Waals surface area contributed by atoms with Crippen LogP contribution >= 0.6 is 0 Å². The number of rotatable bonds is 6. The largest absolute Gasteiger partial charge is 0.477 e. The third-order valence-electron chi connectivity index (χ3n) is 2.64. The molecular formula is C11H17N3O3. The summed E-state index contributed by atoms with van der Waals surface area (Å²) < 4.78 is 0. The maximum absolute atomic E-state index is 11.4. The number of aromatic amines is 1.